The number of ether oxygens (including phenoxy) is 1. The van der Waals surface area contributed by atoms with Gasteiger partial charge in [-0.2, -0.15) is 0 Å². The number of pyridine rings is 1. The van der Waals surface area contributed by atoms with E-state index in [1.807, 2.05) is 71.0 Å². The van der Waals surface area contributed by atoms with Crippen molar-refractivity contribution in [3.63, 3.8) is 0 Å². The Labute approximate surface area is 151 Å². The Morgan fingerprint density at radius 1 is 1.31 bits per heavy atom. The van der Waals surface area contributed by atoms with E-state index >= 15 is 0 Å². The Hall–Kier alpha value is -2.93. The molecule has 1 aliphatic rings. The highest BCUT2D eigenvalue weighted by Crippen LogP contribution is 2.23. The zero-order valence-electron chi connectivity index (χ0n) is 14.9. The maximum atomic E-state index is 12.9. The van der Waals surface area contributed by atoms with Crippen LogP contribution in [0.15, 0.2) is 48.9 Å². The van der Waals surface area contributed by atoms with Crippen molar-refractivity contribution in [2.75, 3.05) is 38.7 Å². The van der Waals surface area contributed by atoms with Gasteiger partial charge in [-0.05, 0) is 24.3 Å². The van der Waals surface area contributed by atoms with E-state index in [9.17, 15) is 4.79 Å². The SMILES string of the molecule is CN(C)c1nccc([C@H]2CN(C(=O)c3cc4ccccn4c3)CCO2)n1. The molecule has 3 aromatic rings. The molecule has 0 spiro atoms. The number of amides is 1. The minimum absolute atomic E-state index is 0.0175. The summed E-state index contributed by atoms with van der Waals surface area (Å²) in [6.45, 7) is 1.55. The van der Waals surface area contributed by atoms with Crippen molar-refractivity contribution >= 4 is 17.4 Å². The van der Waals surface area contributed by atoms with Crippen LogP contribution in [-0.4, -0.2) is 59.0 Å². The molecule has 0 unspecified atom stereocenters. The number of carbonyl (C=O) groups is 1. The van der Waals surface area contributed by atoms with Crippen LogP contribution in [-0.2, 0) is 4.74 Å². The van der Waals surface area contributed by atoms with Crippen molar-refractivity contribution in [2.45, 2.75) is 6.10 Å². The van der Waals surface area contributed by atoms with Gasteiger partial charge in [0.25, 0.3) is 5.91 Å². The molecule has 7 nitrogen and oxygen atoms in total. The number of aromatic nitrogens is 3. The molecule has 4 rings (SSSR count). The summed E-state index contributed by atoms with van der Waals surface area (Å²) >= 11 is 0. The molecule has 26 heavy (non-hydrogen) atoms. The molecule has 1 atom stereocenters. The lowest BCUT2D eigenvalue weighted by molar-refractivity contribution is -0.0247. The van der Waals surface area contributed by atoms with E-state index in [2.05, 4.69) is 9.97 Å². The molecular weight excluding hydrogens is 330 g/mol. The number of anilines is 1. The van der Waals surface area contributed by atoms with E-state index in [-0.39, 0.29) is 12.0 Å². The van der Waals surface area contributed by atoms with Crippen LogP contribution in [0.2, 0.25) is 0 Å². The van der Waals surface area contributed by atoms with Gasteiger partial charge in [-0.3, -0.25) is 4.79 Å². The first kappa shape index (κ1) is 16.5. The predicted octanol–water partition coefficient (Wildman–Crippen LogP) is 2.01. The molecule has 0 aliphatic carbocycles. The first-order valence-corrected chi connectivity index (χ1v) is 8.60. The molecule has 1 fully saturated rings. The standard InChI is InChI=1S/C19H21N5O2/c1-22(2)19-20-7-6-16(21-19)17-13-24(9-10-26-17)18(25)14-11-15-5-3-4-8-23(15)12-14/h3-8,11-12,17H,9-10,13H2,1-2H3/t17-/m1/s1. The summed E-state index contributed by atoms with van der Waals surface area (Å²) in [5.41, 5.74) is 2.49. The van der Waals surface area contributed by atoms with E-state index < -0.39 is 0 Å². The zero-order chi connectivity index (χ0) is 18.1. The number of nitrogens with zero attached hydrogens (tertiary/aromatic N) is 5. The van der Waals surface area contributed by atoms with Gasteiger partial charge >= 0.3 is 0 Å². The van der Waals surface area contributed by atoms with Gasteiger partial charge in [0.1, 0.15) is 6.10 Å². The van der Waals surface area contributed by atoms with Gasteiger partial charge in [0.2, 0.25) is 5.95 Å². The Morgan fingerprint density at radius 2 is 2.19 bits per heavy atom. The lowest BCUT2D eigenvalue weighted by Crippen LogP contribution is -2.42. The molecule has 4 heterocycles. The minimum atomic E-state index is -0.244. The van der Waals surface area contributed by atoms with E-state index in [0.717, 1.165) is 11.2 Å². The Bertz CT molecular complexity index is 903. The monoisotopic (exact) mass is 351 g/mol. The maximum Gasteiger partial charge on any atom is 0.255 e. The lowest BCUT2D eigenvalue weighted by atomic mass is 10.1. The van der Waals surface area contributed by atoms with Crippen molar-refractivity contribution in [3.05, 3.63) is 60.2 Å². The highest BCUT2D eigenvalue weighted by atomic mass is 16.5. The fourth-order valence-electron chi connectivity index (χ4n) is 3.12. The molecule has 0 N–H and O–H groups in total. The summed E-state index contributed by atoms with van der Waals surface area (Å²) in [6, 6.07) is 9.66. The molecule has 1 amide bonds. The normalized spacial score (nSPS) is 17.5. The van der Waals surface area contributed by atoms with E-state index in [1.54, 1.807) is 6.20 Å². The summed E-state index contributed by atoms with van der Waals surface area (Å²) in [6.07, 6.45) is 5.29. The molecule has 0 bridgehead atoms. The van der Waals surface area contributed by atoms with E-state index in [0.29, 0.717) is 31.2 Å². The largest absolute Gasteiger partial charge is 0.368 e. The van der Waals surface area contributed by atoms with Gasteiger partial charge in [-0.1, -0.05) is 6.07 Å². The van der Waals surface area contributed by atoms with Crippen LogP contribution in [0.25, 0.3) is 5.52 Å². The Balaban J connectivity index is 1.54. The summed E-state index contributed by atoms with van der Waals surface area (Å²) in [5.74, 6) is 0.650. The van der Waals surface area contributed by atoms with Crippen LogP contribution < -0.4 is 4.90 Å². The predicted molar refractivity (Wildman–Crippen MR) is 98.4 cm³/mol. The smallest absolute Gasteiger partial charge is 0.255 e. The molecule has 1 aliphatic heterocycles. The van der Waals surface area contributed by atoms with Gasteiger partial charge in [-0.25, -0.2) is 9.97 Å². The number of hydrogen-bond acceptors (Lipinski definition) is 5. The van der Waals surface area contributed by atoms with Crippen molar-refractivity contribution < 1.29 is 9.53 Å². The molecule has 0 aromatic carbocycles. The van der Waals surface area contributed by atoms with Gasteiger partial charge < -0.3 is 18.9 Å². The number of fused-ring (bicyclic) bond motifs is 1. The van der Waals surface area contributed by atoms with Crippen molar-refractivity contribution in [1.82, 2.24) is 19.3 Å². The molecular formula is C19H21N5O2. The summed E-state index contributed by atoms with van der Waals surface area (Å²) in [5, 5.41) is 0. The fourth-order valence-corrected chi connectivity index (χ4v) is 3.12. The summed E-state index contributed by atoms with van der Waals surface area (Å²) in [7, 11) is 3.79. The average molecular weight is 351 g/mol. The molecule has 7 heteroatoms. The first-order valence-electron chi connectivity index (χ1n) is 8.60. The van der Waals surface area contributed by atoms with Crippen LogP contribution in [0, 0.1) is 0 Å². The van der Waals surface area contributed by atoms with Crippen molar-refractivity contribution in [1.29, 1.82) is 0 Å². The minimum Gasteiger partial charge on any atom is -0.368 e. The molecule has 0 saturated carbocycles. The number of rotatable bonds is 3. The zero-order valence-corrected chi connectivity index (χ0v) is 14.9. The highest BCUT2D eigenvalue weighted by Gasteiger charge is 2.27. The molecule has 3 aromatic heterocycles. The second-order valence-corrected chi connectivity index (χ2v) is 6.55. The van der Waals surface area contributed by atoms with Crippen molar-refractivity contribution in [3.8, 4) is 0 Å². The van der Waals surface area contributed by atoms with Gasteiger partial charge in [0, 0.05) is 44.7 Å². The number of hydrogen-bond donors (Lipinski definition) is 0. The van der Waals surface area contributed by atoms with Crippen LogP contribution in [0.1, 0.15) is 22.2 Å². The first-order chi connectivity index (χ1) is 12.6. The number of morpholine rings is 1. The van der Waals surface area contributed by atoms with E-state index in [4.69, 9.17) is 4.74 Å². The fraction of sp³-hybridized carbons (Fsp3) is 0.316. The van der Waals surface area contributed by atoms with Gasteiger partial charge in [0.15, 0.2) is 0 Å². The Kier molecular flexibility index (Phi) is 4.30. The summed E-state index contributed by atoms with van der Waals surface area (Å²) < 4.78 is 7.82. The van der Waals surface area contributed by atoms with Gasteiger partial charge in [0.05, 0.1) is 24.4 Å². The van der Waals surface area contributed by atoms with Crippen LogP contribution >= 0.6 is 0 Å². The van der Waals surface area contributed by atoms with Gasteiger partial charge in [-0.15, -0.1) is 0 Å². The van der Waals surface area contributed by atoms with E-state index in [1.165, 1.54) is 0 Å². The van der Waals surface area contributed by atoms with Crippen LogP contribution in [0.5, 0.6) is 0 Å². The third-order valence-corrected chi connectivity index (χ3v) is 4.50. The van der Waals surface area contributed by atoms with Crippen molar-refractivity contribution in [2.24, 2.45) is 0 Å². The van der Waals surface area contributed by atoms with Crippen LogP contribution in [0.4, 0.5) is 5.95 Å². The topological polar surface area (TPSA) is 63.0 Å². The quantitative estimate of drug-likeness (QED) is 0.722. The average Bonchev–Trinajstić information content (AvgIpc) is 3.12. The molecule has 134 valence electrons. The molecule has 0 radical (unpaired) electrons. The second-order valence-electron chi connectivity index (χ2n) is 6.55. The highest BCUT2D eigenvalue weighted by molar-refractivity contribution is 5.95. The third-order valence-electron chi connectivity index (χ3n) is 4.50. The maximum absolute atomic E-state index is 12.9. The second kappa shape index (κ2) is 6.76. The third kappa shape index (κ3) is 3.13. The van der Waals surface area contributed by atoms with Crippen LogP contribution in [0.3, 0.4) is 0 Å². The number of carbonyl (C=O) groups excluding carboxylic acids is 1. The molecule has 1 saturated heterocycles. The Morgan fingerprint density at radius 3 is 3.00 bits per heavy atom. The summed E-state index contributed by atoms with van der Waals surface area (Å²) in [4.78, 5) is 25.4. The lowest BCUT2D eigenvalue weighted by Gasteiger charge is -2.32.